The van der Waals surface area contributed by atoms with E-state index in [1.807, 2.05) is 51.1 Å². The molecule has 0 atom stereocenters. The van der Waals surface area contributed by atoms with Crippen molar-refractivity contribution < 1.29 is 14.3 Å². The molecule has 0 radical (unpaired) electrons. The minimum atomic E-state index is -0.117. The Morgan fingerprint density at radius 2 is 1.73 bits per heavy atom. The molecule has 0 aliphatic rings. The lowest BCUT2D eigenvalue weighted by atomic mass is 10.0. The first kappa shape index (κ1) is 19.5. The van der Waals surface area contributed by atoms with E-state index in [2.05, 4.69) is 5.32 Å². The number of anilines is 2. The minimum Gasteiger partial charge on any atom is -0.497 e. The molecule has 138 valence electrons. The van der Waals surface area contributed by atoms with Gasteiger partial charge in [-0.15, -0.1) is 0 Å². The van der Waals surface area contributed by atoms with E-state index in [4.69, 9.17) is 4.74 Å². The molecule has 1 N–H and O–H groups in total. The Morgan fingerprint density at radius 3 is 2.31 bits per heavy atom. The van der Waals surface area contributed by atoms with E-state index in [0.29, 0.717) is 18.0 Å². The average Bonchev–Trinajstić information content (AvgIpc) is 2.58. The van der Waals surface area contributed by atoms with Crippen molar-refractivity contribution in [3.63, 3.8) is 0 Å². The summed E-state index contributed by atoms with van der Waals surface area (Å²) in [5.74, 6) is 0.437. The van der Waals surface area contributed by atoms with Crippen molar-refractivity contribution in [3.05, 3.63) is 53.1 Å². The second-order valence-electron chi connectivity index (χ2n) is 6.44. The molecule has 0 bridgehead atoms. The van der Waals surface area contributed by atoms with Gasteiger partial charge in [0.05, 0.1) is 7.11 Å². The van der Waals surface area contributed by atoms with E-state index in [1.165, 1.54) is 12.5 Å². The van der Waals surface area contributed by atoms with Crippen LogP contribution in [-0.4, -0.2) is 25.5 Å². The molecule has 0 heterocycles. The van der Waals surface area contributed by atoms with E-state index < -0.39 is 0 Å². The van der Waals surface area contributed by atoms with Crippen LogP contribution in [0, 0.1) is 20.8 Å². The van der Waals surface area contributed by atoms with Gasteiger partial charge in [-0.3, -0.25) is 9.59 Å². The number of nitrogens with zero attached hydrogens (tertiary/aromatic N) is 1. The van der Waals surface area contributed by atoms with Crippen LogP contribution in [-0.2, 0) is 9.59 Å². The lowest BCUT2D eigenvalue weighted by molar-refractivity contribution is -0.117. The largest absolute Gasteiger partial charge is 0.497 e. The highest BCUT2D eigenvalue weighted by Gasteiger charge is 2.15. The van der Waals surface area contributed by atoms with Crippen molar-refractivity contribution in [2.24, 2.45) is 0 Å². The number of hydrogen-bond donors (Lipinski definition) is 1. The summed E-state index contributed by atoms with van der Waals surface area (Å²) in [4.78, 5) is 26.0. The van der Waals surface area contributed by atoms with Gasteiger partial charge in [-0.1, -0.05) is 23.8 Å². The zero-order valence-corrected chi connectivity index (χ0v) is 16.1. The molecule has 0 saturated heterocycles. The number of rotatable bonds is 6. The highest BCUT2D eigenvalue weighted by molar-refractivity contribution is 5.95. The van der Waals surface area contributed by atoms with Crippen molar-refractivity contribution in [1.29, 1.82) is 0 Å². The number of methoxy groups -OCH3 is 1. The van der Waals surface area contributed by atoms with Gasteiger partial charge in [-0.2, -0.15) is 0 Å². The Bertz CT molecular complexity index is 792. The zero-order valence-electron chi connectivity index (χ0n) is 16.1. The molecule has 5 heteroatoms. The van der Waals surface area contributed by atoms with Gasteiger partial charge < -0.3 is 15.0 Å². The van der Waals surface area contributed by atoms with Crippen molar-refractivity contribution >= 4 is 23.2 Å². The molecule has 5 nitrogen and oxygen atoms in total. The van der Waals surface area contributed by atoms with E-state index in [1.54, 1.807) is 18.1 Å². The fourth-order valence-corrected chi connectivity index (χ4v) is 3.04. The molecule has 0 aromatic heterocycles. The molecule has 0 aliphatic carbocycles. The summed E-state index contributed by atoms with van der Waals surface area (Å²) in [5.41, 5.74) is 4.79. The highest BCUT2D eigenvalue weighted by atomic mass is 16.5. The van der Waals surface area contributed by atoms with Crippen LogP contribution in [0.5, 0.6) is 5.75 Å². The highest BCUT2D eigenvalue weighted by Crippen LogP contribution is 2.23. The number of nitrogens with one attached hydrogen (secondary N) is 1. The second-order valence-corrected chi connectivity index (χ2v) is 6.44. The van der Waals surface area contributed by atoms with Crippen molar-refractivity contribution in [1.82, 2.24) is 0 Å². The third kappa shape index (κ3) is 4.85. The third-order valence-electron chi connectivity index (χ3n) is 4.25. The molecule has 2 aromatic carbocycles. The molecule has 0 fully saturated rings. The topological polar surface area (TPSA) is 58.6 Å². The lowest BCUT2D eigenvalue weighted by Crippen LogP contribution is -2.32. The average molecular weight is 354 g/mol. The predicted molar refractivity (Wildman–Crippen MR) is 105 cm³/mol. The number of carbonyl (C=O) groups excluding carboxylic acids is 2. The Labute approximate surface area is 155 Å². The van der Waals surface area contributed by atoms with Crippen molar-refractivity contribution in [2.45, 2.75) is 34.1 Å². The predicted octanol–water partition coefficient (Wildman–Crippen LogP) is 4.00. The number of amides is 2. The van der Waals surface area contributed by atoms with E-state index >= 15 is 0 Å². The van der Waals surface area contributed by atoms with Crippen LogP contribution in [0.25, 0.3) is 0 Å². The lowest BCUT2D eigenvalue weighted by Gasteiger charge is -2.22. The molecule has 26 heavy (non-hydrogen) atoms. The Hall–Kier alpha value is -2.82. The Kier molecular flexibility index (Phi) is 6.39. The Balaban J connectivity index is 2.07. The van der Waals surface area contributed by atoms with Crippen LogP contribution in [0.1, 0.15) is 30.0 Å². The van der Waals surface area contributed by atoms with Crippen LogP contribution < -0.4 is 15.0 Å². The first-order chi connectivity index (χ1) is 12.3. The number of aryl methyl sites for hydroxylation is 3. The SMILES string of the molecule is COc1cccc(N(CCC(=O)Nc2c(C)cc(C)cc2C)C(C)=O)c1. The molecule has 2 aromatic rings. The van der Waals surface area contributed by atoms with Gasteiger partial charge in [0, 0.05) is 37.3 Å². The molecular weight excluding hydrogens is 328 g/mol. The summed E-state index contributed by atoms with van der Waals surface area (Å²) in [6.45, 7) is 7.79. The third-order valence-corrected chi connectivity index (χ3v) is 4.25. The van der Waals surface area contributed by atoms with Crippen LogP contribution in [0.15, 0.2) is 36.4 Å². The van der Waals surface area contributed by atoms with Gasteiger partial charge in [0.15, 0.2) is 0 Å². The van der Waals surface area contributed by atoms with E-state index in [-0.39, 0.29) is 18.2 Å². The fraction of sp³-hybridized carbons (Fsp3) is 0.333. The maximum absolute atomic E-state index is 12.4. The summed E-state index contributed by atoms with van der Waals surface area (Å²) in [6, 6.07) is 11.3. The first-order valence-electron chi connectivity index (χ1n) is 8.61. The number of hydrogen-bond acceptors (Lipinski definition) is 3. The minimum absolute atomic E-state index is 0.116. The zero-order chi connectivity index (χ0) is 19.3. The van der Waals surface area contributed by atoms with Crippen LogP contribution >= 0.6 is 0 Å². The Morgan fingerprint density at radius 1 is 1.08 bits per heavy atom. The van der Waals surface area contributed by atoms with Gasteiger partial charge in [-0.05, 0) is 44.0 Å². The van der Waals surface area contributed by atoms with Crippen molar-refractivity contribution in [3.8, 4) is 5.75 Å². The van der Waals surface area contributed by atoms with Crippen LogP contribution in [0.4, 0.5) is 11.4 Å². The number of carbonyl (C=O) groups is 2. The smallest absolute Gasteiger partial charge is 0.226 e. The molecule has 0 saturated carbocycles. The second kappa shape index (κ2) is 8.52. The summed E-state index contributed by atoms with van der Waals surface area (Å²) >= 11 is 0. The normalized spacial score (nSPS) is 10.3. The van der Waals surface area contributed by atoms with E-state index in [0.717, 1.165) is 16.8 Å². The van der Waals surface area contributed by atoms with Gasteiger partial charge in [0.2, 0.25) is 11.8 Å². The first-order valence-corrected chi connectivity index (χ1v) is 8.61. The van der Waals surface area contributed by atoms with Crippen molar-refractivity contribution in [2.75, 3.05) is 23.9 Å². The molecule has 2 amide bonds. The van der Waals surface area contributed by atoms with Gasteiger partial charge in [0.1, 0.15) is 5.75 Å². The maximum Gasteiger partial charge on any atom is 0.226 e. The number of ether oxygens (including phenoxy) is 1. The molecule has 0 spiro atoms. The van der Waals surface area contributed by atoms with Crippen LogP contribution in [0.2, 0.25) is 0 Å². The standard InChI is InChI=1S/C21H26N2O3/c1-14-11-15(2)21(16(3)12-14)22-20(25)9-10-23(17(4)24)18-7-6-8-19(13-18)26-5/h6-8,11-13H,9-10H2,1-5H3,(H,22,25). The number of benzene rings is 2. The quantitative estimate of drug-likeness (QED) is 0.853. The molecule has 0 aliphatic heterocycles. The maximum atomic E-state index is 12.4. The van der Waals surface area contributed by atoms with Gasteiger partial charge in [-0.25, -0.2) is 0 Å². The molecule has 0 unspecified atom stereocenters. The molecule has 2 rings (SSSR count). The fourth-order valence-electron chi connectivity index (χ4n) is 3.04. The summed E-state index contributed by atoms with van der Waals surface area (Å²) in [6.07, 6.45) is 0.212. The van der Waals surface area contributed by atoms with E-state index in [9.17, 15) is 9.59 Å². The molecular formula is C21H26N2O3. The summed E-state index contributed by atoms with van der Waals surface area (Å²) in [5, 5.41) is 2.97. The van der Waals surface area contributed by atoms with Gasteiger partial charge >= 0.3 is 0 Å². The summed E-state index contributed by atoms with van der Waals surface area (Å²) in [7, 11) is 1.58. The van der Waals surface area contributed by atoms with Gasteiger partial charge in [0.25, 0.3) is 0 Å². The monoisotopic (exact) mass is 354 g/mol. The van der Waals surface area contributed by atoms with Crippen LogP contribution in [0.3, 0.4) is 0 Å². The summed E-state index contributed by atoms with van der Waals surface area (Å²) < 4.78 is 5.21.